The van der Waals surface area contributed by atoms with E-state index in [2.05, 4.69) is 26.6 Å². The molecule has 5 nitrogen and oxygen atoms in total. The molecule has 7 heteroatoms. The minimum Gasteiger partial charge on any atom is -0.480 e. The summed E-state index contributed by atoms with van der Waals surface area (Å²) in [6, 6.07) is 3.56. The van der Waals surface area contributed by atoms with Gasteiger partial charge in [-0.3, -0.25) is 0 Å². The lowest BCUT2D eigenvalue weighted by Crippen LogP contribution is -2.61. The Morgan fingerprint density at radius 1 is 1.42 bits per heavy atom. The van der Waals surface area contributed by atoms with Crippen LogP contribution in [0.5, 0.6) is 0 Å². The van der Waals surface area contributed by atoms with E-state index in [1.165, 1.54) is 4.88 Å². The Balaban J connectivity index is 1.74. The van der Waals surface area contributed by atoms with Crippen molar-refractivity contribution in [2.45, 2.75) is 31.2 Å². The number of thiophene rings is 1. The van der Waals surface area contributed by atoms with Gasteiger partial charge in [-0.2, -0.15) is 0 Å². The van der Waals surface area contributed by atoms with E-state index in [9.17, 15) is 9.59 Å². The summed E-state index contributed by atoms with van der Waals surface area (Å²) in [6.07, 6.45) is 2.60. The average Bonchev–Trinajstić information content (AvgIpc) is 2.69. The number of carbonyl (C=O) groups excluding carboxylic acids is 1. The van der Waals surface area contributed by atoms with E-state index in [0.717, 1.165) is 16.6 Å². The normalized spacial score (nSPS) is 16.5. The smallest absolute Gasteiger partial charge is 0.329 e. The largest absolute Gasteiger partial charge is 0.480 e. The van der Waals surface area contributed by atoms with Crippen LogP contribution in [0.4, 0.5) is 4.79 Å². The molecular weight excluding hydrogens is 332 g/mol. The lowest BCUT2D eigenvalue weighted by Gasteiger charge is -2.38. The van der Waals surface area contributed by atoms with Gasteiger partial charge in [0.1, 0.15) is 5.54 Å². The van der Waals surface area contributed by atoms with E-state index < -0.39 is 17.5 Å². The summed E-state index contributed by atoms with van der Waals surface area (Å²) in [4.78, 5) is 23.9. The average molecular weight is 347 g/mol. The molecule has 1 aromatic heterocycles. The second kappa shape index (κ2) is 5.92. The molecular formula is C12H15BrN2O3S. The van der Waals surface area contributed by atoms with E-state index >= 15 is 0 Å². The zero-order valence-electron chi connectivity index (χ0n) is 10.2. The maximum absolute atomic E-state index is 11.7. The van der Waals surface area contributed by atoms with Gasteiger partial charge in [0.05, 0.1) is 3.79 Å². The molecule has 1 saturated carbocycles. The first kappa shape index (κ1) is 14.3. The van der Waals surface area contributed by atoms with Crippen LogP contribution in [0.25, 0.3) is 0 Å². The molecule has 0 spiro atoms. The molecule has 0 aliphatic heterocycles. The van der Waals surface area contributed by atoms with Gasteiger partial charge in [0.25, 0.3) is 0 Å². The summed E-state index contributed by atoms with van der Waals surface area (Å²) in [5.41, 5.74) is -1.05. The fraction of sp³-hybridized carbons (Fsp3) is 0.500. The number of hydrogen-bond acceptors (Lipinski definition) is 3. The van der Waals surface area contributed by atoms with Crippen molar-refractivity contribution in [3.63, 3.8) is 0 Å². The van der Waals surface area contributed by atoms with Gasteiger partial charge in [0.15, 0.2) is 0 Å². The van der Waals surface area contributed by atoms with Gasteiger partial charge in [-0.25, -0.2) is 9.59 Å². The number of nitrogens with one attached hydrogen (secondary N) is 2. The monoisotopic (exact) mass is 346 g/mol. The van der Waals surface area contributed by atoms with Crippen LogP contribution in [-0.4, -0.2) is 29.2 Å². The van der Waals surface area contributed by atoms with Crippen molar-refractivity contribution in [3.8, 4) is 0 Å². The minimum absolute atomic E-state index is 0.405. The fourth-order valence-electron chi connectivity index (χ4n) is 1.97. The number of aliphatic carboxylic acids is 1. The highest BCUT2D eigenvalue weighted by Gasteiger charge is 2.45. The Bertz CT molecular complexity index is 485. The molecule has 0 unspecified atom stereocenters. The van der Waals surface area contributed by atoms with Crippen molar-refractivity contribution in [2.24, 2.45) is 0 Å². The summed E-state index contributed by atoms with van der Waals surface area (Å²) in [6.45, 7) is 0.495. The van der Waals surface area contributed by atoms with Crippen molar-refractivity contribution >= 4 is 39.3 Å². The minimum atomic E-state index is -1.05. The molecule has 0 atom stereocenters. The van der Waals surface area contributed by atoms with Crippen LogP contribution in [0.2, 0.25) is 0 Å². The van der Waals surface area contributed by atoms with E-state index in [1.807, 2.05) is 12.1 Å². The number of halogens is 1. The standard InChI is InChI=1S/C12H15BrN2O3S/c13-9-3-2-8(19-9)4-7-14-11(18)15-12(10(16)17)5-1-6-12/h2-3H,1,4-7H2,(H,16,17)(H2,14,15,18). The van der Waals surface area contributed by atoms with Gasteiger partial charge in [-0.05, 0) is 53.7 Å². The highest BCUT2D eigenvalue weighted by atomic mass is 79.9. The lowest BCUT2D eigenvalue weighted by molar-refractivity contribution is -0.148. The lowest BCUT2D eigenvalue weighted by atomic mass is 9.77. The molecule has 2 amide bonds. The van der Waals surface area contributed by atoms with E-state index in [-0.39, 0.29) is 0 Å². The number of carboxylic acids is 1. The van der Waals surface area contributed by atoms with Crippen LogP contribution in [0.3, 0.4) is 0 Å². The van der Waals surface area contributed by atoms with Crippen LogP contribution in [-0.2, 0) is 11.2 Å². The highest BCUT2D eigenvalue weighted by molar-refractivity contribution is 9.11. The first-order valence-corrected chi connectivity index (χ1v) is 7.66. The van der Waals surface area contributed by atoms with E-state index in [4.69, 9.17) is 5.11 Å². The zero-order valence-corrected chi connectivity index (χ0v) is 12.6. The van der Waals surface area contributed by atoms with Crippen LogP contribution < -0.4 is 10.6 Å². The molecule has 19 heavy (non-hydrogen) atoms. The number of amides is 2. The van der Waals surface area contributed by atoms with Crippen molar-refractivity contribution in [2.75, 3.05) is 6.54 Å². The number of urea groups is 1. The maximum atomic E-state index is 11.7. The van der Waals surface area contributed by atoms with E-state index in [0.29, 0.717) is 19.4 Å². The van der Waals surface area contributed by atoms with Crippen molar-refractivity contribution in [1.82, 2.24) is 10.6 Å². The highest BCUT2D eigenvalue weighted by Crippen LogP contribution is 2.31. The summed E-state index contributed by atoms with van der Waals surface area (Å²) in [7, 11) is 0. The topological polar surface area (TPSA) is 78.4 Å². The summed E-state index contributed by atoms with van der Waals surface area (Å²) in [5.74, 6) is -0.948. The quantitative estimate of drug-likeness (QED) is 0.765. The van der Waals surface area contributed by atoms with E-state index in [1.54, 1.807) is 11.3 Å². The predicted octanol–water partition coefficient (Wildman–Crippen LogP) is 2.36. The first-order valence-electron chi connectivity index (χ1n) is 6.05. The van der Waals surface area contributed by atoms with Crippen LogP contribution in [0, 0.1) is 0 Å². The molecule has 1 aromatic rings. The summed E-state index contributed by atoms with van der Waals surface area (Å²) in [5, 5.41) is 14.4. The van der Waals surface area contributed by atoms with Gasteiger partial charge < -0.3 is 15.7 Å². The fourth-order valence-corrected chi connectivity index (χ4v) is 3.45. The molecule has 0 radical (unpaired) electrons. The van der Waals surface area contributed by atoms with Crippen LogP contribution >= 0.6 is 27.3 Å². The van der Waals surface area contributed by atoms with Crippen LogP contribution in [0.1, 0.15) is 24.1 Å². The molecule has 0 bridgehead atoms. The second-order valence-corrected chi connectivity index (χ2v) is 7.13. The SMILES string of the molecule is O=C(NCCc1ccc(Br)s1)NC1(C(=O)O)CCC1. The Hall–Kier alpha value is -1.08. The van der Waals surface area contributed by atoms with Crippen molar-refractivity contribution in [1.29, 1.82) is 0 Å². The Morgan fingerprint density at radius 3 is 2.63 bits per heavy atom. The number of hydrogen-bond donors (Lipinski definition) is 3. The molecule has 0 aromatic carbocycles. The summed E-state index contributed by atoms with van der Waals surface area (Å²) >= 11 is 5.00. The third kappa shape index (κ3) is 3.48. The third-order valence-electron chi connectivity index (χ3n) is 3.26. The Labute approximate surface area is 123 Å². The number of carbonyl (C=O) groups is 2. The van der Waals surface area contributed by atoms with Crippen LogP contribution in [0.15, 0.2) is 15.9 Å². The molecule has 1 heterocycles. The predicted molar refractivity (Wildman–Crippen MR) is 76.5 cm³/mol. The maximum Gasteiger partial charge on any atom is 0.329 e. The molecule has 104 valence electrons. The van der Waals surface area contributed by atoms with Crippen molar-refractivity contribution in [3.05, 3.63) is 20.8 Å². The van der Waals surface area contributed by atoms with Crippen molar-refractivity contribution < 1.29 is 14.7 Å². The van der Waals surface area contributed by atoms with Gasteiger partial charge in [0, 0.05) is 11.4 Å². The van der Waals surface area contributed by atoms with Gasteiger partial charge in [0.2, 0.25) is 0 Å². The molecule has 3 N–H and O–H groups in total. The Kier molecular flexibility index (Phi) is 4.46. The van der Waals surface area contributed by atoms with Gasteiger partial charge in [-0.15, -0.1) is 11.3 Å². The Morgan fingerprint density at radius 2 is 2.16 bits per heavy atom. The molecule has 0 saturated heterocycles. The van der Waals surface area contributed by atoms with Gasteiger partial charge in [-0.1, -0.05) is 0 Å². The third-order valence-corrected chi connectivity index (χ3v) is 4.94. The summed E-state index contributed by atoms with van der Waals surface area (Å²) < 4.78 is 1.06. The molecule has 1 aliphatic rings. The zero-order chi connectivity index (χ0) is 13.9. The number of carboxylic acid groups (broad SMARTS) is 1. The molecule has 1 fully saturated rings. The molecule has 1 aliphatic carbocycles. The second-order valence-electron chi connectivity index (χ2n) is 4.58. The molecule has 2 rings (SSSR count). The first-order chi connectivity index (χ1) is 9.02. The number of rotatable bonds is 5. The van der Waals surface area contributed by atoms with Gasteiger partial charge >= 0.3 is 12.0 Å².